The van der Waals surface area contributed by atoms with Crippen LogP contribution in [0.5, 0.6) is 0 Å². The molecule has 6 aromatic rings. The van der Waals surface area contributed by atoms with Crippen molar-refractivity contribution in [3.63, 3.8) is 0 Å². The second-order valence-electron chi connectivity index (χ2n) is 18.3. The highest BCUT2D eigenvalue weighted by molar-refractivity contribution is 7.22. The summed E-state index contributed by atoms with van der Waals surface area (Å²) < 4.78 is 10.0. The summed E-state index contributed by atoms with van der Waals surface area (Å²) in [5, 5.41) is 20.3. The number of pyridine rings is 2. The van der Waals surface area contributed by atoms with E-state index in [1.807, 2.05) is 61.5 Å². The van der Waals surface area contributed by atoms with Crippen molar-refractivity contribution >= 4 is 49.3 Å². The Morgan fingerprint density at radius 2 is 1.67 bits per heavy atom. The number of amides is 1. The minimum absolute atomic E-state index is 0.0452. The van der Waals surface area contributed by atoms with Gasteiger partial charge in [-0.05, 0) is 118 Å². The molecular weight excluding hydrogens is 709 g/mol. The summed E-state index contributed by atoms with van der Waals surface area (Å²) in [6.45, 7) is 14.2. The third-order valence-corrected chi connectivity index (χ3v) is 12.9. The fourth-order valence-electron chi connectivity index (χ4n) is 11.5. The van der Waals surface area contributed by atoms with Gasteiger partial charge in [-0.25, -0.2) is 14.8 Å². The van der Waals surface area contributed by atoms with Crippen molar-refractivity contribution in [3.8, 4) is 22.4 Å². The van der Waals surface area contributed by atoms with Crippen molar-refractivity contribution in [2.45, 2.75) is 97.8 Å². The van der Waals surface area contributed by atoms with Crippen LogP contribution >= 0.6 is 11.3 Å². The number of ether oxygens (including phenoxy) is 1. The number of fused-ring (bicyclic) bond motifs is 2. The van der Waals surface area contributed by atoms with Gasteiger partial charge in [-0.1, -0.05) is 49.4 Å². The minimum atomic E-state index is -1.12. The molecule has 11 heteroatoms. The van der Waals surface area contributed by atoms with Crippen LogP contribution in [0.25, 0.3) is 43.4 Å². The van der Waals surface area contributed by atoms with Gasteiger partial charge in [0.05, 0.1) is 38.9 Å². The van der Waals surface area contributed by atoms with Crippen LogP contribution in [-0.2, 0) is 11.3 Å². The molecule has 4 bridgehead atoms. The van der Waals surface area contributed by atoms with Gasteiger partial charge in [0.2, 0.25) is 0 Å². The Balaban J connectivity index is 1.02. The van der Waals surface area contributed by atoms with Crippen LogP contribution in [-0.4, -0.2) is 52.9 Å². The molecule has 0 spiro atoms. The summed E-state index contributed by atoms with van der Waals surface area (Å²) in [5.74, 6) is -1.45. The lowest BCUT2D eigenvalue weighted by molar-refractivity contribution is -0.275. The zero-order valence-electron chi connectivity index (χ0n) is 32.2. The lowest BCUT2D eigenvalue weighted by Gasteiger charge is -2.70. The molecule has 0 aliphatic heterocycles. The Hall–Kier alpha value is -5.00. The molecule has 4 fully saturated rings. The Morgan fingerprint density at radius 3 is 2.40 bits per heavy atom. The van der Waals surface area contributed by atoms with Gasteiger partial charge in [-0.2, -0.15) is 5.10 Å². The lowest BCUT2D eigenvalue weighted by Crippen LogP contribution is -2.65. The number of carboxylic acid groups (broad SMARTS) is 1. The van der Waals surface area contributed by atoms with E-state index in [4.69, 9.17) is 14.8 Å². The van der Waals surface area contributed by atoms with Gasteiger partial charge in [0.25, 0.3) is 5.91 Å². The average molecular weight is 755 g/mol. The molecule has 282 valence electrons. The van der Waals surface area contributed by atoms with Gasteiger partial charge in [-0.15, -0.1) is 0 Å². The van der Waals surface area contributed by atoms with E-state index in [0.717, 1.165) is 65.5 Å². The molecule has 2 N–H and O–H groups in total. The first kappa shape index (κ1) is 35.7. The van der Waals surface area contributed by atoms with Crippen LogP contribution < -0.4 is 5.32 Å². The predicted molar refractivity (Wildman–Crippen MR) is 215 cm³/mol. The molecule has 4 saturated carbocycles. The van der Waals surface area contributed by atoms with Gasteiger partial charge in [-0.3, -0.25) is 19.8 Å². The summed E-state index contributed by atoms with van der Waals surface area (Å²) in [6.07, 6.45) is 11.8. The van der Waals surface area contributed by atoms with Crippen LogP contribution in [0, 0.1) is 23.2 Å². The highest BCUT2D eigenvalue weighted by Gasteiger charge is 2.66. The van der Waals surface area contributed by atoms with Crippen molar-refractivity contribution in [2.24, 2.45) is 16.2 Å². The van der Waals surface area contributed by atoms with Crippen molar-refractivity contribution < 1.29 is 19.4 Å². The summed E-state index contributed by atoms with van der Waals surface area (Å²) in [5.41, 5.74) is 4.66. The van der Waals surface area contributed by atoms with Crippen molar-refractivity contribution in [1.29, 1.82) is 0 Å². The summed E-state index contributed by atoms with van der Waals surface area (Å²) >= 11 is 1.41. The number of aromatic nitrogens is 5. The maximum absolute atomic E-state index is 13.5. The number of anilines is 1. The molecule has 1 amide bonds. The van der Waals surface area contributed by atoms with E-state index in [0.29, 0.717) is 32.9 Å². The van der Waals surface area contributed by atoms with Crippen LogP contribution in [0.15, 0.2) is 73.2 Å². The molecule has 55 heavy (non-hydrogen) atoms. The Bertz CT molecular complexity index is 2490. The number of carbonyl (C=O) groups is 2. The molecule has 4 aliphatic carbocycles. The van der Waals surface area contributed by atoms with Gasteiger partial charge in [0.15, 0.2) is 10.8 Å². The number of carboxylic acids is 1. The summed E-state index contributed by atoms with van der Waals surface area (Å²) in [6, 6.07) is 17.0. The molecule has 0 saturated heterocycles. The van der Waals surface area contributed by atoms with Crippen molar-refractivity contribution in [1.82, 2.24) is 24.7 Å². The molecule has 10 nitrogen and oxygen atoms in total. The number of nitrogens with one attached hydrogen (secondary N) is 1. The maximum atomic E-state index is 13.5. The maximum Gasteiger partial charge on any atom is 0.355 e. The van der Waals surface area contributed by atoms with Gasteiger partial charge in [0, 0.05) is 46.7 Å². The summed E-state index contributed by atoms with van der Waals surface area (Å²) in [7, 11) is 0. The highest BCUT2D eigenvalue weighted by atomic mass is 32.1. The quantitative estimate of drug-likeness (QED) is 0.157. The van der Waals surface area contributed by atoms with Crippen LogP contribution in [0.4, 0.5) is 5.13 Å². The summed E-state index contributed by atoms with van der Waals surface area (Å²) in [4.78, 5) is 39.9. The third kappa shape index (κ3) is 6.40. The number of aromatic carboxylic acids is 1. The number of nitrogens with zero attached hydrogens (tertiary/aromatic N) is 5. The van der Waals surface area contributed by atoms with E-state index in [2.05, 4.69) is 54.6 Å². The van der Waals surface area contributed by atoms with Crippen molar-refractivity contribution in [3.05, 3.63) is 90.1 Å². The first-order valence-corrected chi connectivity index (χ1v) is 19.9. The fourth-order valence-corrected chi connectivity index (χ4v) is 12.4. The Morgan fingerprint density at radius 1 is 0.909 bits per heavy atom. The standard InChI is InChI=1S/C44H46N6O4S/c1-26-31(18-46-50(26)25-43-20-41(5)19-42(6,21-43)23-44(22-41,24-43)54-40(2,3)4)29-13-14-33(47-36(29)38(52)53)27-11-12-28-16-45-17-32(30(28)15-27)37(51)49-39-48-34-9-7-8-10-35(34)55-39/h7-18H,19-25H2,1-6H3,(H,52,53)(H,48,49,51). The average Bonchev–Trinajstić information content (AvgIpc) is 3.66. The van der Waals surface area contributed by atoms with E-state index >= 15 is 0 Å². The third-order valence-electron chi connectivity index (χ3n) is 12.0. The van der Waals surface area contributed by atoms with E-state index in [9.17, 15) is 14.7 Å². The van der Waals surface area contributed by atoms with Crippen LogP contribution in [0.1, 0.15) is 99.7 Å². The van der Waals surface area contributed by atoms with E-state index in [1.165, 1.54) is 24.0 Å². The number of rotatable bonds is 8. The largest absolute Gasteiger partial charge is 0.476 e. The number of benzene rings is 2. The molecule has 2 atom stereocenters. The second kappa shape index (κ2) is 12.2. The number of hydrogen-bond donors (Lipinski definition) is 2. The second-order valence-corrected chi connectivity index (χ2v) is 19.4. The zero-order chi connectivity index (χ0) is 38.5. The molecular formula is C44H46N6O4S. The van der Waals surface area contributed by atoms with Crippen LogP contribution in [0.3, 0.4) is 0 Å². The van der Waals surface area contributed by atoms with E-state index in [-0.39, 0.29) is 39.0 Å². The van der Waals surface area contributed by atoms with Gasteiger partial charge in [0.1, 0.15) is 0 Å². The van der Waals surface area contributed by atoms with Crippen molar-refractivity contribution in [2.75, 3.05) is 5.32 Å². The first-order chi connectivity index (χ1) is 26.0. The monoisotopic (exact) mass is 754 g/mol. The van der Waals surface area contributed by atoms with Crippen LogP contribution in [0.2, 0.25) is 0 Å². The topological polar surface area (TPSA) is 132 Å². The number of para-hydroxylation sites is 1. The highest BCUT2D eigenvalue weighted by Crippen LogP contribution is 2.72. The number of hydrogen-bond acceptors (Lipinski definition) is 8. The molecule has 4 aliphatic rings. The Kier molecular flexibility index (Phi) is 7.95. The predicted octanol–water partition coefficient (Wildman–Crippen LogP) is 9.96. The molecule has 2 aromatic carbocycles. The van der Waals surface area contributed by atoms with E-state index < -0.39 is 5.97 Å². The molecule has 4 aromatic heterocycles. The molecule has 4 heterocycles. The SMILES string of the molecule is Cc1c(-c2ccc(-c3ccc4cncc(C(=O)Nc5nc6ccccc6s5)c4c3)nc2C(=O)O)cnn1CC12CC3(C)CC(C)(C1)CC(OC(C)(C)C)(C3)C2. The lowest BCUT2D eigenvalue weighted by atomic mass is 9.39. The molecule has 0 radical (unpaired) electrons. The smallest absolute Gasteiger partial charge is 0.355 e. The Labute approximate surface area is 324 Å². The first-order valence-electron chi connectivity index (χ1n) is 19.0. The minimum Gasteiger partial charge on any atom is -0.476 e. The van der Waals surface area contributed by atoms with Gasteiger partial charge >= 0.3 is 5.97 Å². The molecule has 10 rings (SSSR count). The molecule has 2 unspecified atom stereocenters. The number of carbonyl (C=O) groups excluding carboxylic acids is 1. The normalized spacial score (nSPS) is 25.9. The fraction of sp³-hybridized carbons (Fsp3) is 0.409. The van der Waals surface area contributed by atoms with E-state index in [1.54, 1.807) is 12.4 Å². The van der Waals surface area contributed by atoms with Gasteiger partial charge < -0.3 is 9.84 Å². The number of thiazole rings is 1. The zero-order valence-corrected chi connectivity index (χ0v) is 33.0.